The minimum absolute atomic E-state index is 0.377. The Kier molecular flexibility index (Phi) is 6.50. The van der Waals surface area contributed by atoms with Gasteiger partial charge in [-0.25, -0.2) is 0 Å². The quantitative estimate of drug-likeness (QED) is 0.703. The fourth-order valence-corrected chi connectivity index (χ4v) is 3.12. The maximum Gasteiger partial charge on any atom is 0.0774 e. The van der Waals surface area contributed by atoms with E-state index in [-0.39, 0.29) is 5.60 Å². The van der Waals surface area contributed by atoms with Crippen LogP contribution < -0.4 is 0 Å². The lowest BCUT2D eigenvalue weighted by Crippen LogP contribution is -2.41. The Hall–Kier alpha value is -0.0800. The molecule has 1 fully saturated rings. The van der Waals surface area contributed by atoms with E-state index in [1.54, 1.807) is 0 Å². The Labute approximate surface area is 107 Å². The molecule has 17 heavy (non-hydrogen) atoms. The van der Waals surface area contributed by atoms with Gasteiger partial charge >= 0.3 is 0 Å². The van der Waals surface area contributed by atoms with E-state index in [0.29, 0.717) is 0 Å². The summed E-state index contributed by atoms with van der Waals surface area (Å²) in [5.41, 5.74) is -0.377. The highest BCUT2D eigenvalue weighted by molar-refractivity contribution is 4.87. The second kappa shape index (κ2) is 7.38. The fourth-order valence-electron chi connectivity index (χ4n) is 3.12. The average Bonchev–Trinajstić information content (AvgIpc) is 2.70. The van der Waals surface area contributed by atoms with Crippen LogP contribution >= 0.6 is 0 Å². The average molecular weight is 241 g/mol. The van der Waals surface area contributed by atoms with Crippen LogP contribution in [0.3, 0.4) is 0 Å². The molecule has 0 aromatic carbocycles. The van der Waals surface area contributed by atoms with Crippen LogP contribution in [0.15, 0.2) is 0 Å². The Balaban J connectivity index is 2.28. The maximum absolute atomic E-state index is 10.4. The van der Waals surface area contributed by atoms with Gasteiger partial charge in [0.05, 0.1) is 5.60 Å². The number of hydrogen-bond donors (Lipinski definition) is 1. The summed E-state index contributed by atoms with van der Waals surface area (Å²) in [6.07, 6.45) is 9.67. The molecule has 0 aromatic heterocycles. The van der Waals surface area contributed by atoms with Gasteiger partial charge in [-0.1, -0.05) is 46.0 Å². The van der Waals surface area contributed by atoms with E-state index < -0.39 is 0 Å². The summed E-state index contributed by atoms with van der Waals surface area (Å²) in [7, 11) is 2.17. The molecule has 0 spiro atoms. The minimum Gasteiger partial charge on any atom is -0.389 e. The number of unbranched alkanes of at least 4 members (excludes halogenated alkanes) is 1. The first-order valence-electron chi connectivity index (χ1n) is 7.50. The predicted molar refractivity (Wildman–Crippen MR) is 74.2 cm³/mol. The highest BCUT2D eigenvalue weighted by Crippen LogP contribution is 2.30. The molecule has 0 heterocycles. The Morgan fingerprint density at radius 1 is 1.24 bits per heavy atom. The van der Waals surface area contributed by atoms with E-state index in [9.17, 15) is 5.11 Å². The van der Waals surface area contributed by atoms with Crippen LogP contribution in [-0.2, 0) is 0 Å². The molecule has 2 heteroatoms. The summed E-state index contributed by atoms with van der Waals surface area (Å²) in [6, 6.07) is 0. The number of likely N-dealkylation sites (N-methyl/N-ethyl adjacent to an activating group) is 1. The molecular formula is C15H31NO. The van der Waals surface area contributed by atoms with Gasteiger partial charge < -0.3 is 10.0 Å². The molecule has 102 valence electrons. The number of nitrogens with zero attached hydrogens (tertiary/aromatic N) is 1. The highest BCUT2D eigenvalue weighted by Gasteiger charge is 2.32. The minimum atomic E-state index is -0.377. The van der Waals surface area contributed by atoms with Crippen LogP contribution in [0.5, 0.6) is 0 Å². The van der Waals surface area contributed by atoms with Crippen LogP contribution in [0, 0.1) is 5.92 Å². The van der Waals surface area contributed by atoms with E-state index in [0.717, 1.165) is 31.8 Å². The van der Waals surface area contributed by atoms with Crippen molar-refractivity contribution in [2.24, 2.45) is 5.92 Å². The molecule has 2 nitrogen and oxygen atoms in total. The SMILES string of the molecule is CCCCC(CC)CN(C)CC1(O)CCCC1. The van der Waals surface area contributed by atoms with E-state index >= 15 is 0 Å². The van der Waals surface area contributed by atoms with Crippen molar-refractivity contribution in [3.05, 3.63) is 0 Å². The summed E-state index contributed by atoms with van der Waals surface area (Å²) in [5.74, 6) is 0.810. The van der Waals surface area contributed by atoms with Crippen LogP contribution in [0.25, 0.3) is 0 Å². The number of hydrogen-bond acceptors (Lipinski definition) is 2. The summed E-state index contributed by atoms with van der Waals surface area (Å²) < 4.78 is 0. The highest BCUT2D eigenvalue weighted by atomic mass is 16.3. The van der Waals surface area contributed by atoms with Crippen molar-refractivity contribution >= 4 is 0 Å². The summed E-state index contributed by atoms with van der Waals surface area (Å²) in [6.45, 7) is 6.57. The third kappa shape index (κ3) is 5.39. The molecule has 1 N–H and O–H groups in total. The van der Waals surface area contributed by atoms with Gasteiger partial charge in [-0.05, 0) is 32.2 Å². The van der Waals surface area contributed by atoms with Gasteiger partial charge in [-0.2, -0.15) is 0 Å². The van der Waals surface area contributed by atoms with Crippen molar-refractivity contribution in [1.29, 1.82) is 0 Å². The molecule has 1 aliphatic carbocycles. The smallest absolute Gasteiger partial charge is 0.0774 e. The van der Waals surface area contributed by atoms with Gasteiger partial charge in [0.2, 0.25) is 0 Å². The first kappa shape index (κ1) is 15.0. The molecule has 0 amide bonds. The normalized spacial score (nSPS) is 21.0. The second-order valence-electron chi connectivity index (χ2n) is 6.04. The molecule has 0 aromatic rings. The van der Waals surface area contributed by atoms with E-state index in [1.807, 2.05) is 0 Å². The molecule has 1 rings (SSSR count). The Morgan fingerprint density at radius 2 is 1.88 bits per heavy atom. The van der Waals surface area contributed by atoms with Crippen LogP contribution in [-0.4, -0.2) is 35.7 Å². The summed E-state index contributed by atoms with van der Waals surface area (Å²) >= 11 is 0. The molecular weight excluding hydrogens is 210 g/mol. The maximum atomic E-state index is 10.4. The fraction of sp³-hybridized carbons (Fsp3) is 1.00. The van der Waals surface area contributed by atoms with Crippen molar-refractivity contribution in [3.8, 4) is 0 Å². The largest absolute Gasteiger partial charge is 0.389 e. The van der Waals surface area contributed by atoms with Gasteiger partial charge in [-0.3, -0.25) is 0 Å². The Bertz CT molecular complexity index is 199. The zero-order chi connectivity index (χ0) is 12.7. The van der Waals surface area contributed by atoms with Crippen molar-refractivity contribution in [2.45, 2.75) is 70.8 Å². The number of aliphatic hydroxyl groups is 1. The molecule has 1 saturated carbocycles. The molecule has 0 radical (unpaired) electrons. The lowest BCUT2D eigenvalue weighted by atomic mass is 9.97. The molecule has 1 unspecified atom stereocenters. The van der Waals surface area contributed by atoms with Gasteiger partial charge in [0.1, 0.15) is 0 Å². The van der Waals surface area contributed by atoms with Crippen molar-refractivity contribution in [3.63, 3.8) is 0 Å². The molecule has 0 saturated heterocycles. The van der Waals surface area contributed by atoms with E-state index in [1.165, 1.54) is 38.5 Å². The Morgan fingerprint density at radius 3 is 2.41 bits per heavy atom. The van der Waals surface area contributed by atoms with Gasteiger partial charge in [-0.15, -0.1) is 0 Å². The predicted octanol–water partition coefficient (Wildman–Crippen LogP) is 3.44. The monoisotopic (exact) mass is 241 g/mol. The second-order valence-corrected chi connectivity index (χ2v) is 6.04. The zero-order valence-corrected chi connectivity index (χ0v) is 12.0. The van der Waals surface area contributed by atoms with Crippen LogP contribution in [0.2, 0.25) is 0 Å². The third-order valence-corrected chi connectivity index (χ3v) is 4.21. The standard InChI is InChI=1S/C15H31NO/c1-4-6-9-14(5-2)12-16(3)13-15(17)10-7-8-11-15/h14,17H,4-13H2,1-3H3. The van der Waals surface area contributed by atoms with E-state index in [2.05, 4.69) is 25.8 Å². The third-order valence-electron chi connectivity index (χ3n) is 4.21. The van der Waals surface area contributed by atoms with Gasteiger partial charge in [0, 0.05) is 13.1 Å². The van der Waals surface area contributed by atoms with Crippen LogP contribution in [0.4, 0.5) is 0 Å². The topological polar surface area (TPSA) is 23.5 Å². The molecule has 1 aliphatic rings. The lowest BCUT2D eigenvalue weighted by molar-refractivity contribution is 0.0124. The van der Waals surface area contributed by atoms with E-state index in [4.69, 9.17) is 0 Å². The summed E-state index contributed by atoms with van der Waals surface area (Å²) in [5, 5.41) is 10.4. The van der Waals surface area contributed by atoms with Crippen molar-refractivity contribution in [1.82, 2.24) is 4.90 Å². The van der Waals surface area contributed by atoms with Gasteiger partial charge in [0.15, 0.2) is 0 Å². The van der Waals surface area contributed by atoms with Crippen molar-refractivity contribution in [2.75, 3.05) is 20.1 Å². The molecule has 0 bridgehead atoms. The number of rotatable bonds is 8. The van der Waals surface area contributed by atoms with Crippen molar-refractivity contribution < 1.29 is 5.11 Å². The molecule has 0 aliphatic heterocycles. The first-order chi connectivity index (χ1) is 8.09. The summed E-state index contributed by atoms with van der Waals surface area (Å²) in [4.78, 5) is 2.36. The van der Waals surface area contributed by atoms with Gasteiger partial charge in [0.25, 0.3) is 0 Å². The van der Waals surface area contributed by atoms with Crippen LogP contribution in [0.1, 0.15) is 65.2 Å². The molecule has 1 atom stereocenters. The lowest BCUT2D eigenvalue weighted by Gasteiger charge is -2.31. The zero-order valence-electron chi connectivity index (χ0n) is 12.0. The first-order valence-corrected chi connectivity index (χ1v) is 7.50.